The zero-order chi connectivity index (χ0) is 19.8. The number of aromatic nitrogens is 1. The summed E-state index contributed by atoms with van der Waals surface area (Å²) in [5.41, 5.74) is -0.497. The molecule has 148 valence electrons. The van der Waals surface area contributed by atoms with Crippen molar-refractivity contribution in [2.45, 2.75) is 45.1 Å². The Balaban J connectivity index is 1.60. The zero-order valence-corrected chi connectivity index (χ0v) is 16.9. The molecule has 7 nitrogen and oxygen atoms in total. The van der Waals surface area contributed by atoms with Gasteiger partial charge in [-0.1, -0.05) is 11.6 Å². The highest BCUT2D eigenvalue weighted by atomic mass is 35.5. The molecule has 1 aliphatic carbocycles. The van der Waals surface area contributed by atoms with E-state index in [1.165, 1.54) is 6.92 Å². The summed E-state index contributed by atoms with van der Waals surface area (Å²) in [5, 5.41) is 6.62. The van der Waals surface area contributed by atoms with Crippen LogP contribution in [-0.2, 0) is 16.6 Å². The molecule has 0 aromatic carbocycles. The summed E-state index contributed by atoms with van der Waals surface area (Å²) in [5.74, 6) is -0.252. The maximum Gasteiger partial charge on any atom is 0.268 e. The molecule has 1 aromatic heterocycles. The minimum atomic E-state index is -0.577. The molecule has 0 spiro atoms. The number of carbonyl (C=O) groups excluding carboxylic acids is 3. The van der Waals surface area contributed by atoms with Gasteiger partial charge in [0, 0.05) is 39.8 Å². The molecular weight excluding hydrogens is 368 g/mol. The molecule has 1 atom stereocenters. The van der Waals surface area contributed by atoms with Crippen molar-refractivity contribution in [3.63, 3.8) is 0 Å². The highest BCUT2D eigenvalue weighted by molar-refractivity contribution is 6.31. The zero-order valence-electron chi connectivity index (χ0n) is 16.1. The quantitative estimate of drug-likeness (QED) is 0.797. The first-order chi connectivity index (χ1) is 12.6. The molecule has 1 saturated heterocycles. The van der Waals surface area contributed by atoms with E-state index in [9.17, 15) is 14.4 Å². The van der Waals surface area contributed by atoms with Gasteiger partial charge >= 0.3 is 0 Å². The smallest absolute Gasteiger partial charge is 0.268 e. The maximum atomic E-state index is 12.8. The van der Waals surface area contributed by atoms with Crippen LogP contribution in [0.1, 0.15) is 50.0 Å². The minimum Gasteiger partial charge on any atom is -0.353 e. The summed E-state index contributed by atoms with van der Waals surface area (Å²) in [6.07, 6.45) is 5.01. The molecule has 0 bridgehead atoms. The van der Waals surface area contributed by atoms with Crippen molar-refractivity contribution in [3.05, 3.63) is 23.0 Å². The molecule has 8 heteroatoms. The third-order valence-electron chi connectivity index (χ3n) is 5.95. The van der Waals surface area contributed by atoms with E-state index in [0.717, 1.165) is 19.3 Å². The fourth-order valence-corrected chi connectivity index (χ4v) is 4.13. The molecule has 2 N–H and O–H groups in total. The fourth-order valence-electron chi connectivity index (χ4n) is 3.88. The normalized spacial score (nSPS) is 23.6. The molecule has 1 unspecified atom stereocenters. The SMILES string of the molecule is CC(=O)N1CCC(C)(C(=O)NCC2(NC(=O)c3cc(Cl)cn3C)CCC2)C1. The largest absolute Gasteiger partial charge is 0.353 e. The predicted octanol–water partition coefficient (Wildman–Crippen LogP) is 1.71. The lowest BCUT2D eigenvalue weighted by Gasteiger charge is -2.43. The summed E-state index contributed by atoms with van der Waals surface area (Å²) in [4.78, 5) is 38.6. The number of amides is 3. The lowest BCUT2D eigenvalue weighted by atomic mass is 9.76. The van der Waals surface area contributed by atoms with Crippen LogP contribution in [0.25, 0.3) is 0 Å². The van der Waals surface area contributed by atoms with Crippen LogP contribution >= 0.6 is 11.6 Å². The van der Waals surface area contributed by atoms with E-state index in [2.05, 4.69) is 10.6 Å². The Bertz CT molecular complexity index is 771. The molecule has 1 aromatic rings. The topological polar surface area (TPSA) is 83.4 Å². The van der Waals surface area contributed by atoms with Gasteiger partial charge in [-0.15, -0.1) is 0 Å². The van der Waals surface area contributed by atoms with E-state index in [0.29, 0.717) is 36.8 Å². The molecule has 2 aliphatic rings. The fraction of sp³-hybridized carbons (Fsp3) is 0.632. The van der Waals surface area contributed by atoms with Crippen LogP contribution in [0.4, 0.5) is 0 Å². The highest BCUT2D eigenvalue weighted by Crippen LogP contribution is 2.34. The number of hydrogen-bond donors (Lipinski definition) is 2. The van der Waals surface area contributed by atoms with Crippen LogP contribution in [-0.4, -0.2) is 52.4 Å². The van der Waals surface area contributed by atoms with Gasteiger partial charge in [0.1, 0.15) is 5.69 Å². The standard InChI is InChI=1S/C19H27ClN4O3/c1-13(25)24-8-7-18(2,12-24)17(27)21-11-19(5-4-6-19)22-16(26)15-9-14(20)10-23(15)3/h9-10H,4-8,11-12H2,1-3H3,(H,21,27)(H,22,26). The lowest BCUT2D eigenvalue weighted by molar-refractivity contribution is -0.132. The van der Waals surface area contributed by atoms with E-state index < -0.39 is 11.0 Å². The number of hydrogen-bond acceptors (Lipinski definition) is 3. The van der Waals surface area contributed by atoms with Crippen molar-refractivity contribution in [2.75, 3.05) is 19.6 Å². The monoisotopic (exact) mass is 394 g/mol. The second-order valence-corrected chi connectivity index (χ2v) is 8.61. The van der Waals surface area contributed by atoms with Gasteiger partial charge in [-0.25, -0.2) is 0 Å². The van der Waals surface area contributed by atoms with E-state index in [1.54, 1.807) is 28.8 Å². The lowest BCUT2D eigenvalue weighted by Crippen LogP contribution is -2.61. The Hall–Kier alpha value is -2.02. The molecule has 0 radical (unpaired) electrons. The van der Waals surface area contributed by atoms with Gasteiger partial charge in [0.15, 0.2) is 0 Å². The Morgan fingerprint density at radius 3 is 2.44 bits per heavy atom. The number of likely N-dealkylation sites (tertiary alicyclic amines) is 1. The molecule has 1 saturated carbocycles. The van der Waals surface area contributed by atoms with Crippen LogP contribution < -0.4 is 10.6 Å². The predicted molar refractivity (Wildman–Crippen MR) is 102 cm³/mol. The van der Waals surface area contributed by atoms with Crippen LogP contribution in [0.15, 0.2) is 12.3 Å². The van der Waals surface area contributed by atoms with Crippen LogP contribution in [0, 0.1) is 5.41 Å². The summed E-state index contributed by atoms with van der Waals surface area (Å²) >= 11 is 5.97. The van der Waals surface area contributed by atoms with E-state index in [-0.39, 0.29) is 17.7 Å². The molecule has 2 heterocycles. The molecule has 27 heavy (non-hydrogen) atoms. The molecule has 3 amide bonds. The minimum absolute atomic E-state index is 0.00419. The second-order valence-electron chi connectivity index (χ2n) is 8.18. The molecule has 1 aliphatic heterocycles. The van der Waals surface area contributed by atoms with Crippen molar-refractivity contribution in [1.29, 1.82) is 0 Å². The van der Waals surface area contributed by atoms with Gasteiger partial charge in [-0.3, -0.25) is 14.4 Å². The average molecular weight is 395 g/mol. The first-order valence-corrected chi connectivity index (χ1v) is 9.70. The van der Waals surface area contributed by atoms with Crippen molar-refractivity contribution < 1.29 is 14.4 Å². The molecular formula is C19H27ClN4O3. The Morgan fingerprint density at radius 1 is 1.26 bits per heavy atom. The van der Waals surface area contributed by atoms with E-state index >= 15 is 0 Å². The summed E-state index contributed by atoms with van der Waals surface area (Å²) in [7, 11) is 1.78. The van der Waals surface area contributed by atoms with Gasteiger partial charge in [0.05, 0.1) is 16.0 Å². The highest BCUT2D eigenvalue weighted by Gasteiger charge is 2.44. The van der Waals surface area contributed by atoms with Crippen LogP contribution in [0.3, 0.4) is 0 Å². The van der Waals surface area contributed by atoms with Gasteiger partial charge in [-0.2, -0.15) is 0 Å². The second kappa shape index (κ2) is 7.19. The van der Waals surface area contributed by atoms with Crippen molar-refractivity contribution >= 4 is 29.3 Å². The van der Waals surface area contributed by atoms with Crippen LogP contribution in [0.2, 0.25) is 5.02 Å². The number of nitrogens with zero attached hydrogens (tertiary/aromatic N) is 2. The summed E-state index contributed by atoms with van der Waals surface area (Å²) < 4.78 is 1.69. The Kier molecular flexibility index (Phi) is 5.25. The van der Waals surface area contributed by atoms with E-state index in [1.807, 2.05) is 6.92 Å². The third kappa shape index (κ3) is 3.98. The summed E-state index contributed by atoms with van der Waals surface area (Å²) in [6.45, 7) is 4.86. The average Bonchev–Trinajstić information content (AvgIpc) is 3.13. The number of nitrogens with one attached hydrogen (secondary N) is 2. The number of halogens is 1. The van der Waals surface area contributed by atoms with Gasteiger partial charge in [0.25, 0.3) is 5.91 Å². The van der Waals surface area contributed by atoms with Gasteiger partial charge < -0.3 is 20.1 Å². The van der Waals surface area contributed by atoms with Gasteiger partial charge in [-0.05, 0) is 38.7 Å². The van der Waals surface area contributed by atoms with Crippen LogP contribution in [0.5, 0.6) is 0 Å². The first-order valence-electron chi connectivity index (χ1n) is 9.32. The summed E-state index contributed by atoms with van der Waals surface area (Å²) in [6, 6.07) is 1.64. The molecule has 3 rings (SSSR count). The molecule has 2 fully saturated rings. The van der Waals surface area contributed by atoms with Gasteiger partial charge in [0.2, 0.25) is 11.8 Å². The number of aryl methyl sites for hydroxylation is 1. The van der Waals surface area contributed by atoms with Crippen molar-refractivity contribution in [3.8, 4) is 0 Å². The third-order valence-corrected chi connectivity index (χ3v) is 6.15. The van der Waals surface area contributed by atoms with E-state index in [4.69, 9.17) is 11.6 Å². The van der Waals surface area contributed by atoms with Crippen molar-refractivity contribution in [2.24, 2.45) is 12.5 Å². The Labute approximate surface area is 164 Å². The maximum absolute atomic E-state index is 12.8. The first kappa shape index (κ1) is 19.7. The Morgan fingerprint density at radius 2 is 1.96 bits per heavy atom. The van der Waals surface area contributed by atoms with Crippen molar-refractivity contribution in [1.82, 2.24) is 20.1 Å². The number of carbonyl (C=O) groups is 3. The number of rotatable bonds is 5.